The predicted octanol–water partition coefficient (Wildman–Crippen LogP) is 1.56. The lowest BCUT2D eigenvalue weighted by molar-refractivity contribution is -0.119. The van der Waals surface area contributed by atoms with Crippen molar-refractivity contribution in [2.75, 3.05) is 0 Å². The predicted molar refractivity (Wildman–Crippen MR) is 56.6 cm³/mol. The highest BCUT2D eigenvalue weighted by atomic mass is 16.1. The lowest BCUT2D eigenvalue weighted by Gasteiger charge is -2.02. The monoisotopic (exact) mass is 187 g/mol. The summed E-state index contributed by atoms with van der Waals surface area (Å²) in [6.07, 6.45) is 0. The molecule has 0 aliphatic rings. The normalized spacial score (nSPS) is 11.0. The molecule has 0 spiro atoms. The summed E-state index contributed by atoms with van der Waals surface area (Å²) in [5, 5.41) is 2.70. The van der Waals surface area contributed by atoms with E-state index in [0.29, 0.717) is 0 Å². The molecule has 0 unspecified atom stereocenters. The molecule has 0 aliphatic carbocycles. The van der Waals surface area contributed by atoms with Gasteiger partial charge >= 0.3 is 0 Å². The van der Waals surface area contributed by atoms with Crippen molar-refractivity contribution in [2.45, 2.75) is 19.9 Å². The van der Waals surface area contributed by atoms with Crippen LogP contribution in [0.2, 0.25) is 0 Å². The number of hydrogen-bond donors (Lipinski definition) is 1. The highest BCUT2D eigenvalue weighted by molar-refractivity contribution is 5.73. The molecule has 1 N–H and O–H groups in total. The van der Waals surface area contributed by atoms with Gasteiger partial charge in [-0.2, -0.15) is 0 Å². The van der Waals surface area contributed by atoms with Crippen molar-refractivity contribution < 1.29 is 4.79 Å². The number of amides is 1. The van der Waals surface area contributed by atoms with E-state index in [1.54, 1.807) is 0 Å². The minimum atomic E-state index is -0.104. The zero-order chi connectivity index (χ0) is 10.4. The van der Waals surface area contributed by atoms with Crippen LogP contribution in [0.3, 0.4) is 0 Å². The Kier molecular flexibility index (Phi) is 3.75. The van der Waals surface area contributed by atoms with E-state index in [1.165, 1.54) is 6.92 Å². The maximum absolute atomic E-state index is 10.7. The molecule has 1 aromatic rings. The van der Waals surface area contributed by atoms with Gasteiger partial charge in [0.15, 0.2) is 0 Å². The molecule has 72 valence electrons. The third-order valence-electron chi connectivity index (χ3n) is 1.63. The van der Waals surface area contributed by atoms with Crippen LogP contribution in [0.1, 0.15) is 19.4 Å². The summed E-state index contributed by atoms with van der Waals surface area (Å²) in [7, 11) is 0. The lowest BCUT2D eigenvalue weighted by atomic mass is 10.2. The first kappa shape index (κ1) is 10.3. The highest BCUT2D eigenvalue weighted by Gasteiger charge is 1.96. The van der Waals surface area contributed by atoms with Gasteiger partial charge in [0.2, 0.25) is 5.91 Å². The molecule has 14 heavy (non-hydrogen) atoms. The average molecular weight is 187 g/mol. The molecule has 0 fully saturated rings. The smallest absolute Gasteiger partial charge is 0.217 e. The third kappa shape index (κ3) is 3.77. The number of hydrogen-bond acceptors (Lipinski definition) is 1. The Balaban J connectivity index is 2.60. The maximum atomic E-state index is 10.7. The second-order valence-corrected chi connectivity index (χ2v) is 3.06. The summed E-state index contributed by atoms with van der Waals surface area (Å²) in [5.41, 5.74) is 0.963. The second-order valence-electron chi connectivity index (χ2n) is 3.06. The van der Waals surface area contributed by atoms with Crippen LogP contribution in [0, 0.1) is 11.8 Å². The molecule has 0 saturated heterocycles. The minimum Gasteiger partial charge on any atom is -0.343 e. The quantitative estimate of drug-likeness (QED) is 0.664. The molecule has 1 atom stereocenters. The van der Waals surface area contributed by atoms with Crippen molar-refractivity contribution >= 4 is 5.91 Å². The van der Waals surface area contributed by atoms with Gasteiger partial charge in [0, 0.05) is 12.5 Å². The number of carbonyl (C=O) groups is 1. The topological polar surface area (TPSA) is 29.1 Å². The van der Waals surface area contributed by atoms with Crippen LogP contribution in [0.4, 0.5) is 0 Å². The minimum absolute atomic E-state index is 0.0557. The molecule has 0 radical (unpaired) electrons. The summed E-state index contributed by atoms with van der Waals surface area (Å²) in [4.78, 5) is 10.7. The largest absolute Gasteiger partial charge is 0.343 e. The molecule has 1 amide bonds. The molecule has 2 heteroatoms. The molecule has 1 rings (SSSR count). The Morgan fingerprint density at radius 3 is 2.57 bits per heavy atom. The van der Waals surface area contributed by atoms with E-state index < -0.39 is 0 Å². The highest BCUT2D eigenvalue weighted by Crippen LogP contribution is 1.94. The van der Waals surface area contributed by atoms with E-state index in [1.807, 2.05) is 37.3 Å². The molecule has 0 heterocycles. The fourth-order valence-electron chi connectivity index (χ4n) is 1.05. The van der Waals surface area contributed by atoms with Gasteiger partial charge in [0.1, 0.15) is 0 Å². The van der Waals surface area contributed by atoms with E-state index in [2.05, 4.69) is 17.2 Å². The molecule has 0 aliphatic heterocycles. The van der Waals surface area contributed by atoms with Gasteiger partial charge in [-0.05, 0) is 19.1 Å². The average Bonchev–Trinajstić information content (AvgIpc) is 2.15. The van der Waals surface area contributed by atoms with Crippen molar-refractivity contribution in [3.8, 4) is 11.8 Å². The summed E-state index contributed by atoms with van der Waals surface area (Å²) in [5.74, 6) is 5.88. The van der Waals surface area contributed by atoms with Gasteiger partial charge < -0.3 is 5.32 Å². The van der Waals surface area contributed by atoms with Gasteiger partial charge in [-0.15, -0.1) is 0 Å². The van der Waals surface area contributed by atoms with Crippen molar-refractivity contribution in [1.29, 1.82) is 0 Å². The van der Waals surface area contributed by atoms with Crippen LogP contribution in [0.15, 0.2) is 30.3 Å². The summed E-state index contributed by atoms with van der Waals surface area (Å²) >= 11 is 0. The Labute approximate surface area is 84.3 Å². The Hall–Kier alpha value is -1.75. The van der Waals surface area contributed by atoms with Crippen LogP contribution in [0.5, 0.6) is 0 Å². The number of rotatable bonds is 1. The molecule has 2 nitrogen and oxygen atoms in total. The molecular formula is C12H13NO. The summed E-state index contributed by atoms with van der Waals surface area (Å²) < 4.78 is 0. The van der Waals surface area contributed by atoms with Crippen molar-refractivity contribution in [3.05, 3.63) is 35.9 Å². The van der Waals surface area contributed by atoms with E-state index in [-0.39, 0.29) is 11.9 Å². The zero-order valence-corrected chi connectivity index (χ0v) is 8.37. The fraction of sp³-hybridized carbons (Fsp3) is 0.250. The first-order chi connectivity index (χ1) is 6.68. The fourth-order valence-corrected chi connectivity index (χ4v) is 1.05. The van der Waals surface area contributed by atoms with E-state index >= 15 is 0 Å². The second kappa shape index (κ2) is 5.08. The number of benzene rings is 1. The Morgan fingerprint density at radius 1 is 1.36 bits per heavy atom. The maximum Gasteiger partial charge on any atom is 0.217 e. The molecule has 0 saturated carbocycles. The molecular weight excluding hydrogens is 174 g/mol. The van der Waals surface area contributed by atoms with Crippen LogP contribution in [-0.2, 0) is 4.79 Å². The molecule has 0 bridgehead atoms. The number of carbonyl (C=O) groups excluding carboxylic acids is 1. The van der Waals surface area contributed by atoms with Crippen molar-refractivity contribution in [2.24, 2.45) is 0 Å². The van der Waals surface area contributed by atoms with Crippen LogP contribution in [-0.4, -0.2) is 11.9 Å². The summed E-state index contributed by atoms with van der Waals surface area (Å²) in [6, 6.07) is 9.59. The first-order valence-corrected chi connectivity index (χ1v) is 4.52. The van der Waals surface area contributed by atoms with E-state index in [0.717, 1.165) is 5.56 Å². The van der Waals surface area contributed by atoms with E-state index in [9.17, 15) is 4.79 Å². The van der Waals surface area contributed by atoms with Crippen molar-refractivity contribution in [3.63, 3.8) is 0 Å². The molecule has 0 aromatic heterocycles. The van der Waals surface area contributed by atoms with Crippen LogP contribution in [0.25, 0.3) is 0 Å². The SMILES string of the molecule is CC(=O)N[C@@H](C)C#Cc1ccccc1. The molecule has 1 aromatic carbocycles. The zero-order valence-electron chi connectivity index (χ0n) is 8.37. The van der Waals surface area contributed by atoms with E-state index in [4.69, 9.17) is 0 Å². The Morgan fingerprint density at radius 2 is 2.00 bits per heavy atom. The third-order valence-corrected chi connectivity index (χ3v) is 1.63. The number of nitrogens with one attached hydrogen (secondary N) is 1. The Bertz CT molecular complexity index is 359. The van der Waals surface area contributed by atoms with Gasteiger partial charge in [-0.1, -0.05) is 30.0 Å². The van der Waals surface area contributed by atoms with Crippen LogP contribution >= 0.6 is 0 Å². The van der Waals surface area contributed by atoms with Gasteiger partial charge in [0.25, 0.3) is 0 Å². The first-order valence-electron chi connectivity index (χ1n) is 4.52. The summed E-state index contributed by atoms with van der Waals surface area (Å²) in [6.45, 7) is 3.35. The lowest BCUT2D eigenvalue weighted by Crippen LogP contribution is -2.28. The van der Waals surface area contributed by atoms with Gasteiger partial charge in [0.05, 0.1) is 6.04 Å². The van der Waals surface area contributed by atoms with Gasteiger partial charge in [-0.3, -0.25) is 4.79 Å². The van der Waals surface area contributed by atoms with Gasteiger partial charge in [-0.25, -0.2) is 0 Å². The standard InChI is InChI=1S/C12H13NO/c1-10(13-11(2)14)8-9-12-6-4-3-5-7-12/h3-7,10H,1-2H3,(H,13,14)/t10-/m0/s1. The van der Waals surface area contributed by atoms with Crippen LogP contribution < -0.4 is 5.32 Å². The van der Waals surface area contributed by atoms with Crippen molar-refractivity contribution in [1.82, 2.24) is 5.32 Å².